The minimum absolute atomic E-state index is 0.103. The molecule has 0 fully saturated rings. The number of fused-ring (bicyclic) bond motifs is 1. The summed E-state index contributed by atoms with van der Waals surface area (Å²) in [5.41, 5.74) is 7.92. The van der Waals surface area contributed by atoms with Crippen molar-refractivity contribution in [3.63, 3.8) is 0 Å². The molecule has 0 bridgehead atoms. The first kappa shape index (κ1) is 14.1. The van der Waals surface area contributed by atoms with Gasteiger partial charge in [0.2, 0.25) is 6.79 Å². The average molecular weight is 300 g/mol. The van der Waals surface area contributed by atoms with Gasteiger partial charge in [-0.25, -0.2) is 0 Å². The van der Waals surface area contributed by atoms with Crippen molar-refractivity contribution in [2.45, 2.75) is 6.92 Å². The summed E-state index contributed by atoms with van der Waals surface area (Å²) in [5, 5.41) is 2.77. The van der Waals surface area contributed by atoms with Crippen LogP contribution in [0.3, 0.4) is 0 Å². The standard InChI is InChI=1S/C16H16N2O4/c1-10-2-3-11(17)6-13(10)18-16(19)8-20-12-4-5-14-15(7-12)22-9-21-14/h2-7H,8-9,17H2,1H3,(H,18,19). The molecular weight excluding hydrogens is 284 g/mol. The van der Waals surface area contributed by atoms with Gasteiger partial charge in [-0.3, -0.25) is 4.79 Å². The van der Waals surface area contributed by atoms with Gasteiger partial charge in [0.05, 0.1) is 0 Å². The lowest BCUT2D eigenvalue weighted by Gasteiger charge is -2.10. The second kappa shape index (κ2) is 5.85. The molecule has 1 aliphatic rings. The van der Waals surface area contributed by atoms with Crippen LogP contribution in [0.15, 0.2) is 36.4 Å². The van der Waals surface area contributed by atoms with Crippen LogP contribution in [0, 0.1) is 6.92 Å². The second-order valence-electron chi connectivity index (χ2n) is 4.93. The Morgan fingerprint density at radius 3 is 2.91 bits per heavy atom. The Kier molecular flexibility index (Phi) is 3.74. The summed E-state index contributed by atoms with van der Waals surface area (Å²) in [5.74, 6) is 1.58. The van der Waals surface area contributed by atoms with Gasteiger partial charge in [-0.15, -0.1) is 0 Å². The zero-order valence-corrected chi connectivity index (χ0v) is 12.1. The highest BCUT2D eigenvalue weighted by molar-refractivity contribution is 5.93. The highest BCUT2D eigenvalue weighted by Crippen LogP contribution is 2.35. The number of carbonyl (C=O) groups excluding carboxylic acids is 1. The van der Waals surface area contributed by atoms with E-state index in [-0.39, 0.29) is 19.3 Å². The minimum atomic E-state index is -0.258. The third kappa shape index (κ3) is 3.06. The summed E-state index contributed by atoms with van der Waals surface area (Å²) in [7, 11) is 0. The fourth-order valence-corrected chi connectivity index (χ4v) is 2.08. The van der Waals surface area contributed by atoms with E-state index < -0.39 is 0 Å². The van der Waals surface area contributed by atoms with Crippen molar-refractivity contribution in [2.75, 3.05) is 24.5 Å². The Morgan fingerprint density at radius 1 is 1.23 bits per heavy atom. The Bertz CT molecular complexity index is 715. The quantitative estimate of drug-likeness (QED) is 0.847. The smallest absolute Gasteiger partial charge is 0.262 e. The highest BCUT2D eigenvalue weighted by Gasteiger charge is 2.14. The summed E-state index contributed by atoms with van der Waals surface area (Å²) in [6, 6.07) is 10.5. The minimum Gasteiger partial charge on any atom is -0.484 e. The van der Waals surface area contributed by atoms with E-state index in [2.05, 4.69) is 5.32 Å². The van der Waals surface area contributed by atoms with Crippen molar-refractivity contribution in [3.05, 3.63) is 42.0 Å². The molecule has 0 atom stereocenters. The molecule has 0 saturated carbocycles. The average Bonchev–Trinajstić information content (AvgIpc) is 2.96. The van der Waals surface area contributed by atoms with Gasteiger partial charge < -0.3 is 25.3 Å². The number of nitrogens with one attached hydrogen (secondary N) is 1. The van der Waals surface area contributed by atoms with Gasteiger partial charge in [0, 0.05) is 17.4 Å². The second-order valence-corrected chi connectivity index (χ2v) is 4.93. The maximum Gasteiger partial charge on any atom is 0.262 e. The molecule has 1 heterocycles. The van der Waals surface area contributed by atoms with Gasteiger partial charge in [-0.05, 0) is 36.8 Å². The zero-order valence-electron chi connectivity index (χ0n) is 12.1. The highest BCUT2D eigenvalue weighted by atomic mass is 16.7. The third-order valence-electron chi connectivity index (χ3n) is 3.25. The first-order valence-corrected chi connectivity index (χ1v) is 6.80. The van der Waals surface area contributed by atoms with Crippen LogP contribution in [0.4, 0.5) is 11.4 Å². The first-order valence-electron chi connectivity index (χ1n) is 6.80. The molecule has 6 nitrogen and oxygen atoms in total. The molecule has 0 aliphatic carbocycles. The van der Waals surface area contributed by atoms with Crippen molar-refractivity contribution in [1.82, 2.24) is 0 Å². The number of rotatable bonds is 4. The number of benzene rings is 2. The maximum atomic E-state index is 12.0. The van der Waals surface area contributed by atoms with E-state index in [1.54, 1.807) is 30.3 Å². The molecule has 114 valence electrons. The lowest BCUT2D eigenvalue weighted by atomic mass is 10.2. The molecule has 1 amide bonds. The van der Waals surface area contributed by atoms with Crippen molar-refractivity contribution < 1.29 is 19.0 Å². The number of hydrogen-bond donors (Lipinski definition) is 2. The normalized spacial score (nSPS) is 12.0. The van der Waals surface area contributed by atoms with Gasteiger partial charge in [-0.1, -0.05) is 6.07 Å². The summed E-state index contributed by atoms with van der Waals surface area (Å²) >= 11 is 0. The Labute approximate surface area is 127 Å². The molecule has 3 rings (SSSR count). The SMILES string of the molecule is Cc1ccc(N)cc1NC(=O)COc1ccc2c(c1)OCO2. The maximum absolute atomic E-state index is 12.0. The summed E-state index contributed by atoms with van der Waals surface area (Å²) in [4.78, 5) is 12.0. The Morgan fingerprint density at radius 2 is 2.05 bits per heavy atom. The number of hydrogen-bond acceptors (Lipinski definition) is 5. The molecular formula is C16H16N2O4. The molecule has 2 aromatic rings. The molecule has 0 radical (unpaired) electrons. The largest absolute Gasteiger partial charge is 0.484 e. The van der Waals surface area contributed by atoms with Crippen LogP contribution >= 0.6 is 0 Å². The van der Waals surface area contributed by atoms with Crippen molar-refractivity contribution in [1.29, 1.82) is 0 Å². The van der Waals surface area contributed by atoms with E-state index in [9.17, 15) is 4.79 Å². The monoisotopic (exact) mass is 300 g/mol. The summed E-state index contributed by atoms with van der Waals surface area (Å²) < 4.78 is 15.9. The molecule has 22 heavy (non-hydrogen) atoms. The fourth-order valence-electron chi connectivity index (χ4n) is 2.08. The van der Waals surface area contributed by atoms with E-state index in [1.165, 1.54) is 0 Å². The van der Waals surface area contributed by atoms with Gasteiger partial charge in [-0.2, -0.15) is 0 Å². The number of nitrogens with two attached hydrogens (primary N) is 1. The van der Waals surface area contributed by atoms with Crippen LogP contribution in [0.25, 0.3) is 0 Å². The molecule has 1 aliphatic heterocycles. The molecule has 0 saturated heterocycles. The molecule has 6 heteroatoms. The number of ether oxygens (including phenoxy) is 3. The fraction of sp³-hybridized carbons (Fsp3) is 0.188. The van der Waals surface area contributed by atoms with Gasteiger partial charge >= 0.3 is 0 Å². The molecule has 2 aromatic carbocycles. The van der Waals surface area contributed by atoms with E-state index in [0.29, 0.717) is 28.6 Å². The lowest BCUT2D eigenvalue weighted by molar-refractivity contribution is -0.118. The van der Waals surface area contributed by atoms with Crippen LogP contribution in [0.5, 0.6) is 17.2 Å². The summed E-state index contributed by atoms with van der Waals surface area (Å²) in [6.45, 7) is 2.00. The number of anilines is 2. The van der Waals surface area contributed by atoms with Crippen molar-refractivity contribution in [2.24, 2.45) is 0 Å². The van der Waals surface area contributed by atoms with Crippen molar-refractivity contribution in [3.8, 4) is 17.2 Å². The first-order chi connectivity index (χ1) is 10.6. The van der Waals surface area contributed by atoms with Crippen molar-refractivity contribution >= 4 is 17.3 Å². The number of aryl methyl sites for hydroxylation is 1. The molecule has 0 unspecified atom stereocenters. The number of amides is 1. The van der Waals surface area contributed by atoms with E-state index >= 15 is 0 Å². The topological polar surface area (TPSA) is 82.8 Å². The Balaban J connectivity index is 1.59. The predicted molar refractivity (Wildman–Crippen MR) is 82.3 cm³/mol. The van der Waals surface area contributed by atoms with E-state index in [4.69, 9.17) is 19.9 Å². The molecule has 0 spiro atoms. The van der Waals surface area contributed by atoms with Crippen LogP contribution in [0.2, 0.25) is 0 Å². The van der Waals surface area contributed by atoms with Crippen LogP contribution in [-0.2, 0) is 4.79 Å². The molecule has 3 N–H and O–H groups in total. The number of nitrogen functional groups attached to an aromatic ring is 1. The van der Waals surface area contributed by atoms with Crippen LogP contribution in [-0.4, -0.2) is 19.3 Å². The van der Waals surface area contributed by atoms with E-state index in [1.807, 2.05) is 13.0 Å². The van der Waals surface area contributed by atoms with Gasteiger partial charge in [0.25, 0.3) is 5.91 Å². The predicted octanol–water partition coefficient (Wildman–Crippen LogP) is 2.32. The summed E-state index contributed by atoms with van der Waals surface area (Å²) in [6.07, 6.45) is 0. The zero-order chi connectivity index (χ0) is 15.5. The molecule has 0 aromatic heterocycles. The van der Waals surface area contributed by atoms with E-state index in [0.717, 1.165) is 5.56 Å². The third-order valence-corrected chi connectivity index (χ3v) is 3.25. The van der Waals surface area contributed by atoms with Crippen LogP contribution < -0.4 is 25.3 Å². The van der Waals surface area contributed by atoms with Gasteiger partial charge in [0.15, 0.2) is 18.1 Å². The lowest BCUT2D eigenvalue weighted by Crippen LogP contribution is -2.20. The Hall–Kier alpha value is -2.89. The number of carbonyl (C=O) groups is 1. The van der Waals surface area contributed by atoms with Crippen LogP contribution in [0.1, 0.15) is 5.56 Å². The van der Waals surface area contributed by atoms with Gasteiger partial charge in [0.1, 0.15) is 5.75 Å².